The number of piperidine rings is 1. The van der Waals surface area contributed by atoms with E-state index in [0.29, 0.717) is 11.3 Å². The molecule has 0 unspecified atom stereocenters. The summed E-state index contributed by atoms with van der Waals surface area (Å²) < 4.78 is 15.7. The Balaban J connectivity index is 1.21. The van der Waals surface area contributed by atoms with E-state index in [4.69, 9.17) is 0 Å². The molecule has 4 heterocycles. The summed E-state index contributed by atoms with van der Waals surface area (Å²) in [4.78, 5) is 17.1. The van der Waals surface area contributed by atoms with Gasteiger partial charge < -0.3 is 15.1 Å². The third-order valence-electron chi connectivity index (χ3n) is 5.96. The summed E-state index contributed by atoms with van der Waals surface area (Å²) in [5, 5.41) is 15.3. The molecule has 0 radical (unpaired) electrons. The molecule has 2 aromatic heterocycles. The molecule has 9 heteroatoms. The molecule has 2 fully saturated rings. The number of nitrogens with zero attached hydrogens (tertiary/aromatic N) is 6. The monoisotopic (exact) mass is 409 g/mol. The van der Waals surface area contributed by atoms with Gasteiger partial charge in [-0.05, 0) is 56.0 Å². The van der Waals surface area contributed by atoms with Crippen LogP contribution in [0.15, 0.2) is 36.7 Å². The first-order valence-electron chi connectivity index (χ1n) is 10.4. The SMILES string of the molecule is O=C(Nc1cc(F)cc(N2CCCC2)c1)C1CCN(c2ccc3nncn3n2)CC1. The predicted molar refractivity (Wildman–Crippen MR) is 112 cm³/mol. The number of fused-ring (bicyclic) bond motifs is 1. The zero-order chi connectivity index (χ0) is 20.5. The van der Waals surface area contributed by atoms with Crippen LogP contribution in [0, 0.1) is 11.7 Å². The largest absolute Gasteiger partial charge is 0.371 e. The van der Waals surface area contributed by atoms with Gasteiger partial charge in [0.25, 0.3) is 0 Å². The first kappa shape index (κ1) is 18.8. The smallest absolute Gasteiger partial charge is 0.227 e. The Hall–Kier alpha value is -3.23. The highest BCUT2D eigenvalue weighted by atomic mass is 19.1. The summed E-state index contributed by atoms with van der Waals surface area (Å²) in [5.74, 6) is 0.384. The molecule has 3 aromatic rings. The van der Waals surface area contributed by atoms with Crippen LogP contribution in [0.2, 0.25) is 0 Å². The van der Waals surface area contributed by atoms with Crippen molar-refractivity contribution in [2.24, 2.45) is 5.92 Å². The number of hydrogen-bond donors (Lipinski definition) is 1. The Morgan fingerprint density at radius 3 is 2.63 bits per heavy atom. The first-order chi connectivity index (χ1) is 14.7. The van der Waals surface area contributed by atoms with Gasteiger partial charge in [0.05, 0.1) is 0 Å². The van der Waals surface area contributed by atoms with Crippen LogP contribution in [0.3, 0.4) is 0 Å². The van der Waals surface area contributed by atoms with Gasteiger partial charge >= 0.3 is 0 Å². The number of hydrogen-bond acceptors (Lipinski definition) is 6. The summed E-state index contributed by atoms with van der Waals surface area (Å²) >= 11 is 0. The van der Waals surface area contributed by atoms with E-state index >= 15 is 0 Å². The molecule has 1 N–H and O–H groups in total. The highest BCUT2D eigenvalue weighted by Gasteiger charge is 2.26. The molecule has 156 valence electrons. The van der Waals surface area contributed by atoms with E-state index in [0.717, 1.165) is 63.4 Å². The van der Waals surface area contributed by atoms with E-state index in [2.05, 4.69) is 30.4 Å². The first-order valence-corrected chi connectivity index (χ1v) is 10.4. The van der Waals surface area contributed by atoms with E-state index in [1.807, 2.05) is 18.2 Å². The molecule has 0 bridgehead atoms. The minimum Gasteiger partial charge on any atom is -0.371 e. The van der Waals surface area contributed by atoms with Gasteiger partial charge in [0.2, 0.25) is 5.91 Å². The molecular weight excluding hydrogens is 385 g/mol. The van der Waals surface area contributed by atoms with E-state index in [1.54, 1.807) is 16.9 Å². The zero-order valence-corrected chi connectivity index (χ0v) is 16.7. The van der Waals surface area contributed by atoms with E-state index in [9.17, 15) is 9.18 Å². The van der Waals surface area contributed by atoms with Crippen molar-refractivity contribution in [3.8, 4) is 0 Å². The third kappa shape index (κ3) is 3.79. The van der Waals surface area contributed by atoms with Gasteiger partial charge in [-0.3, -0.25) is 4.79 Å². The number of benzene rings is 1. The molecule has 30 heavy (non-hydrogen) atoms. The topological polar surface area (TPSA) is 78.7 Å². The fourth-order valence-electron chi connectivity index (χ4n) is 4.31. The van der Waals surface area contributed by atoms with Gasteiger partial charge in [-0.2, -0.15) is 4.52 Å². The average Bonchev–Trinajstić information content (AvgIpc) is 3.45. The molecule has 0 saturated carbocycles. The standard InChI is InChI=1S/C21H24FN7O/c22-16-11-17(13-18(12-16)27-7-1-2-8-27)24-21(30)15-5-9-28(10-6-15)20-4-3-19-25-23-14-29(19)26-20/h3-4,11-15H,1-2,5-10H2,(H,24,30). The molecular formula is C21H24FN7O. The molecule has 0 atom stereocenters. The number of anilines is 3. The van der Waals surface area contributed by atoms with Gasteiger partial charge in [0, 0.05) is 43.5 Å². The van der Waals surface area contributed by atoms with Crippen LogP contribution in [0.4, 0.5) is 21.6 Å². The highest BCUT2D eigenvalue weighted by molar-refractivity contribution is 5.93. The average molecular weight is 409 g/mol. The fourth-order valence-corrected chi connectivity index (χ4v) is 4.31. The van der Waals surface area contributed by atoms with Crippen molar-refractivity contribution in [3.63, 3.8) is 0 Å². The lowest BCUT2D eigenvalue weighted by atomic mass is 9.95. The van der Waals surface area contributed by atoms with Gasteiger partial charge in [-0.15, -0.1) is 15.3 Å². The number of aromatic nitrogens is 4. The minimum absolute atomic E-state index is 0.0464. The lowest BCUT2D eigenvalue weighted by Crippen LogP contribution is -2.38. The van der Waals surface area contributed by atoms with Crippen LogP contribution < -0.4 is 15.1 Å². The number of nitrogens with one attached hydrogen (secondary N) is 1. The Labute approximate surface area is 173 Å². The lowest BCUT2D eigenvalue weighted by molar-refractivity contribution is -0.120. The quantitative estimate of drug-likeness (QED) is 0.714. The van der Waals surface area contributed by atoms with E-state index < -0.39 is 0 Å². The van der Waals surface area contributed by atoms with Gasteiger partial charge in [-0.1, -0.05) is 0 Å². The summed E-state index contributed by atoms with van der Waals surface area (Å²) in [5.41, 5.74) is 2.08. The van der Waals surface area contributed by atoms with Gasteiger partial charge in [-0.25, -0.2) is 4.39 Å². The molecule has 5 rings (SSSR count). The second-order valence-corrected chi connectivity index (χ2v) is 7.97. The van der Waals surface area contributed by atoms with Crippen LogP contribution >= 0.6 is 0 Å². The highest BCUT2D eigenvalue weighted by Crippen LogP contribution is 2.27. The summed E-state index contributed by atoms with van der Waals surface area (Å²) in [6.45, 7) is 3.34. The number of rotatable bonds is 4. The minimum atomic E-state index is -0.319. The van der Waals surface area contributed by atoms with Crippen molar-refractivity contribution in [1.82, 2.24) is 19.8 Å². The van der Waals surface area contributed by atoms with Crippen LogP contribution in [-0.4, -0.2) is 51.9 Å². The fraction of sp³-hybridized carbons (Fsp3) is 0.429. The zero-order valence-electron chi connectivity index (χ0n) is 16.7. The maximum Gasteiger partial charge on any atom is 0.227 e. The molecule has 8 nitrogen and oxygen atoms in total. The number of amides is 1. The molecule has 1 aromatic carbocycles. The van der Waals surface area contributed by atoms with Gasteiger partial charge in [0.15, 0.2) is 5.65 Å². The number of carbonyl (C=O) groups is 1. The Kier molecular flexibility index (Phi) is 4.94. The Morgan fingerprint density at radius 1 is 1.03 bits per heavy atom. The maximum atomic E-state index is 14.1. The maximum absolute atomic E-state index is 14.1. The van der Waals surface area contributed by atoms with Crippen molar-refractivity contribution in [1.29, 1.82) is 0 Å². The molecule has 1 amide bonds. The van der Waals surface area contributed by atoms with Crippen molar-refractivity contribution in [2.75, 3.05) is 41.3 Å². The van der Waals surface area contributed by atoms with Crippen LogP contribution in [0.5, 0.6) is 0 Å². The number of halogens is 1. The lowest BCUT2D eigenvalue weighted by Gasteiger charge is -2.32. The summed E-state index contributed by atoms with van der Waals surface area (Å²) in [6.07, 6.45) is 5.27. The second-order valence-electron chi connectivity index (χ2n) is 7.97. The van der Waals surface area contributed by atoms with Crippen molar-refractivity contribution in [3.05, 3.63) is 42.5 Å². The molecule has 0 spiro atoms. The Bertz CT molecular complexity index is 1050. The molecule has 0 aliphatic carbocycles. The van der Waals surface area contributed by atoms with E-state index in [1.165, 1.54) is 6.07 Å². The van der Waals surface area contributed by atoms with Crippen molar-refractivity contribution in [2.45, 2.75) is 25.7 Å². The van der Waals surface area contributed by atoms with Crippen molar-refractivity contribution >= 4 is 28.7 Å². The normalized spacial score (nSPS) is 17.6. The van der Waals surface area contributed by atoms with Gasteiger partial charge in [0.1, 0.15) is 18.0 Å². The molecule has 2 saturated heterocycles. The van der Waals surface area contributed by atoms with Crippen LogP contribution in [-0.2, 0) is 4.79 Å². The molecule has 2 aliphatic rings. The van der Waals surface area contributed by atoms with E-state index in [-0.39, 0.29) is 17.6 Å². The predicted octanol–water partition coefficient (Wildman–Crippen LogP) is 2.72. The van der Waals surface area contributed by atoms with Crippen LogP contribution in [0.25, 0.3) is 5.65 Å². The second kappa shape index (κ2) is 7.89. The summed E-state index contributed by atoms with van der Waals surface area (Å²) in [7, 11) is 0. The summed E-state index contributed by atoms with van der Waals surface area (Å²) in [6, 6.07) is 8.62. The van der Waals surface area contributed by atoms with Crippen LogP contribution in [0.1, 0.15) is 25.7 Å². The Morgan fingerprint density at radius 2 is 1.83 bits per heavy atom. The number of carbonyl (C=O) groups excluding carboxylic acids is 1. The van der Waals surface area contributed by atoms with Crippen molar-refractivity contribution < 1.29 is 9.18 Å². The molecule has 2 aliphatic heterocycles. The third-order valence-corrected chi connectivity index (χ3v) is 5.96.